The van der Waals surface area contributed by atoms with Gasteiger partial charge in [0.25, 0.3) is 0 Å². The number of hydrogen-bond acceptors (Lipinski definition) is 1. The molecule has 0 bridgehead atoms. The zero-order valence-electron chi connectivity index (χ0n) is 20.3. The summed E-state index contributed by atoms with van der Waals surface area (Å²) in [5.41, 5.74) is 10.1. The molecular weight excluding hydrogens is 400 g/mol. The first kappa shape index (κ1) is 23.9. The van der Waals surface area contributed by atoms with E-state index in [9.17, 15) is 0 Å². The Morgan fingerprint density at radius 3 is 2.07 bits per heavy atom. The predicted octanol–water partition coefficient (Wildman–Crippen LogP) is 8.53. The molecule has 0 saturated heterocycles. The second-order valence-electron chi connectivity index (χ2n) is 10.0. The molecule has 1 unspecified atom stereocenters. The molecule has 1 aromatic rings. The van der Waals surface area contributed by atoms with E-state index in [2.05, 4.69) is 91.8 Å². The van der Waals surface area contributed by atoms with Gasteiger partial charge in [-0.25, -0.2) is 0 Å². The Bertz CT molecular complexity index is 813. The van der Waals surface area contributed by atoms with Gasteiger partial charge < -0.3 is 0 Å². The van der Waals surface area contributed by atoms with Gasteiger partial charge >= 0.3 is 0 Å². The average Bonchev–Trinajstić information content (AvgIpc) is 2.67. The molecule has 3 heteroatoms. The van der Waals surface area contributed by atoms with Crippen LogP contribution in [0.1, 0.15) is 66.5 Å². The van der Waals surface area contributed by atoms with Crippen LogP contribution in [-0.4, -0.2) is 34.5 Å². The minimum absolute atomic E-state index is 0.0198. The molecule has 1 heterocycles. The molecule has 1 atom stereocenters. The van der Waals surface area contributed by atoms with Gasteiger partial charge in [-0.2, -0.15) is 0 Å². The molecule has 1 aromatic carbocycles. The summed E-state index contributed by atoms with van der Waals surface area (Å²) < 4.78 is 0. The number of hydrogen-bond donors (Lipinski definition) is 0. The Balaban J connectivity index is 1.96. The van der Waals surface area contributed by atoms with Crippen molar-refractivity contribution in [3.8, 4) is 0 Å². The van der Waals surface area contributed by atoms with Gasteiger partial charge in [-0.05, 0) is 58.1 Å². The zero-order chi connectivity index (χ0) is 22.0. The molecule has 1 aliphatic heterocycles. The van der Waals surface area contributed by atoms with E-state index in [4.69, 9.17) is 4.99 Å². The lowest BCUT2D eigenvalue weighted by Crippen LogP contribution is -2.25. The summed E-state index contributed by atoms with van der Waals surface area (Å²) >= 11 is 0. The van der Waals surface area contributed by atoms with Gasteiger partial charge in [0.1, 0.15) is 0 Å². The summed E-state index contributed by atoms with van der Waals surface area (Å²) in [5.74, 6) is 0.459. The summed E-state index contributed by atoms with van der Waals surface area (Å²) in [6, 6.07) is 6.93. The lowest BCUT2D eigenvalue weighted by molar-refractivity contribution is 0.822. The summed E-state index contributed by atoms with van der Waals surface area (Å²) in [5, 5.41) is 0. The first-order valence-corrected chi connectivity index (χ1v) is 15.1. The predicted molar refractivity (Wildman–Crippen MR) is 141 cm³/mol. The van der Waals surface area contributed by atoms with Gasteiger partial charge in [0, 0.05) is 5.92 Å². The number of para-hydroxylation sites is 1. The molecular formula is C27H41NP2. The van der Waals surface area contributed by atoms with Crippen LogP contribution in [0.15, 0.2) is 47.0 Å². The topological polar surface area (TPSA) is 12.4 Å². The van der Waals surface area contributed by atoms with E-state index in [1.165, 1.54) is 40.4 Å². The largest absolute Gasteiger partial charge is 0.252 e. The van der Waals surface area contributed by atoms with Crippen LogP contribution in [0.4, 0.5) is 5.69 Å². The van der Waals surface area contributed by atoms with E-state index in [-0.39, 0.29) is 15.8 Å². The fraction of sp³-hybridized carbons (Fsp3) is 0.593. The molecule has 0 spiro atoms. The normalized spacial score (nSPS) is 18.5. The second kappa shape index (κ2) is 10.2. The van der Waals surface area contributed by atoms with Crippen molar-refractivity contribution in [3.05, 3.63) is 53.1 Å². The highest BCUT2D eigenvalue weighted by Crippen LogP contribution is 2.52. The van der Waals surface area contributed by atoms with Crippen molar-refractivity contribution in [3.63, 3.8) is 0 Å². The maximum atomic E-state index is 5.41. The molecule has 164 valence electrons. The minimum Gasteiger partial charge on any atom is -0.252 e. The molecule has 1 aliphatic carbocycles. The summed E-state index contributed by atoms with van der Waals surface area (Å²) in [7, 11) is -0.0461. The second-order valence-corrected chi connectivity index (χ2v) is 16.8. The molecule has 0 aromatic heterocycles. The molecule has 2 aliphatic rings. The van der Waals surface area contributed by atoms with Crippen molar-refractivity contribution in [2.24, 2.45) is 10.9 Å². The van der Waals surface area contributed by atoms with Crippen LogP contribution in [0.3, 0.4) is 0 Å². The van der Waals surface area contributed by atoms with Crippen LogP contribution in [0.2, 0.25) is 0 Å². The Morgan fingerprint density at radius 2 is 1.47 bits per heavy atom. The quantitative estimate of drug-likeness (QED) is 0.358. The van der Waals surface area contributed by atoms with Crippen molar-refractivity contribution in [1.82, 2.24) is 0 Å². The maximum Gasteiger partial charge on any atom is 0.0701 e. The lowest BCUT2D eigenvalue weighted by atomic mass is 9.84. The van der Waals surface area contributed by atoms with Crippen molar-refractivity contribution >= 4 is 27.2 Å². The molecule has 3 rings (SSSR count). The highest BCUT2D eigenvalue weighted by Gasteiger charge is 2.30. The highest BCUT2D eigenvalue weighted by atomic mass is 31.1. The van der Waals surface area contributed by atoms with Crippen LogP contribution >= 0.6 is 15.8 Å². The SMILES string of the molecule is CC(C)P(CC1=CC=CC2Cc3cccc(CP(C(C)C)C(C)C)c3N=C12)C(C)C. The highest BCUT2D eigenvalue weighted by molar-refractivity contribution is 7.59. The van der Waals surface area contributed by atoms with Gasteiger partial charge in [0.05, 0.1) is 11.4 Å². The van der Waals surface area contributed by atoms with Gasteiger partial charge in [-0.15, -0.1) is 0 Å². The standard InChI is InChI=1S/C27H41NP2/c1-18(2)29(19(3)4)16-24-13-9-11-22-15-23-12-10-14-25(27(23)28-26(22)24)17-30(20(5)6)21(7)8/h9-14,18-22H,15-17H2,1-8H3. The third kappa shape index (κ3) is 5.34. The average molecular weight is 442 g/mol. The van der Waals surface area contributed by atoms with E-state index < -0.39 is 0 Å². The van der Waals surface area contributed by atoms with E-state index in [1.54, 1.807) is 0 Å². The van der Waals surface area contributed by atoms with Gasteiger partial charge in [0.2, 0.25) is 0 Å². The van der Waals surface area contributed by atoms with Crippen LogP contribution in [0.25, 0.3) is 0 Å². The molecule has 30 heavy (non-hydrogen) atoms. The number of fused-ring (bicyclic) bond motifs is 2. The minimum atomic E-state index is -0.0263. The van der Waals surface area contributed by atoms with Crippen LogP contribution in [-0.2, 0) is 12.6 Å². The Kier molecular flexibility index (Phi) is 8.15. The Labute approximate surface area is 188 Å². The van der Waals surface area contributed by atoms with Crippen molar-refractivity contribution in [2.45, 2.75) is 90.6 Å². The van der Waals surface area contributed by atoms with Gasteiger partial charge in [-0.1, -0.05) is 108 Å². The number of rotatable bonds is 8. The summed E-state index contributed by atoms with van der Waals surface area (Å²) in [6.45, 7) is 19.2. The maximum absolute atomic E-state index is 5.41. The summed E-state index contributed by atoms with van der Waals surface area (Å²) in [6.07, 6.45) is 10.6. The summed E-state index contributed by atoms with van der Waals surface area (Å²) in [4.78, 5) is 5.41. The lowest BCUT2D eigenvalue weighted by Gasteiger charge is -2.33. The van der Waals surface area contributed by atoms with E-state index in [1.807, 2.05) is 0 Å². The number of aliphatic imine (C=N–C) groups is 1. The van der Waals surface area contributed by atoms with Crippen LogP contribution < -0.4 is 0 Å². The molecule has 0 radical (unpaired) electrons. The third-order valence-corrected chi connectivity index (χ3v) is 13.3. The van der Waals surface area contributed by atoms with Crippen LogP contribution in [0, 0.1) is 5.92 Å². The fourth-order valence-electron chi connectivity index (χ4n) is 4.93. The number of benzene rings is 1. The van der Waals surface area contributed by atoms with E-state index in [0.29, 0.717) is 5.92 Å². The monoisotopic (exact) mass is 441 g/mol. The van der Waals surface area contributed by atoms with Crippen molar-refractivity contribution in [2.75, 3.05) is 6.16 Å². The first-order valence-electron chi connectivity index (χ1n) is 11.8. The third-order valence-electron chi connectivity index (χ3n) is 6.56. The van der Waals surface area contributed by atoms with E-state index >= 15 is 0 Å². The van der Waals surface area contributed by atoms with Crippen LogP contribution in [0.5, 0.6) is 0 Å². The van der Waals surface area contributed by atoms with Crippen molar-refractivity contribution in [1.29, 1.82) is 0 Å². The molecule has 0 saturated carbocycles. The Hall–Kier alpha value is -0.770. The molecule has 0 amide bonds. The number of allylic oxidation sites excluding steroid dienone is 4. The van der Waals surface area contributed by atoms with Gasteiger partial charge in [0.15, 0.2) is 0 Å². The fourth-order valence-corrected chi connectivity index (χ4v) is 10.1. The molecule has 0 fully saturated rings. The van der Waals surface area contributed by atoms with Crippen molar-refractivity contribution < 1.29 is 0 Å². The van der Waals surface area contributed by atoms with E-state index in [0.717, 1.165) is 29.1 Å². The van der Waals surface area contributed by atoms with Gasteiger partial charge in [-0.3, -0.25) is 4.99 Å². The molecule has 0 N–H and O–H groups in total. The smallest absolute Gasteiger partial charge is 0.0701 e. The Morgan fingerprint density at radius 1 is 0.867 bits per heavy atom. The first-order chi connectivity index (χ1) is 14.2. The zero-order valence-corrected chi connectivity index (χ0v) is 22.1. The molecule has 1 nitrogen and oxygen atoms in total. The number of nitrogens with zero attached hydrogens (tertiary/aromatic N) is 1.